The molecule has 0 saturated carbocycles. The molecule has 1 aliphatic heterocycles. The molecule has 0 spiro atoms. The number of nitrogens with two attached hydrogens (primary N) is 1. The molecule has 1 aromatic rings. The lowest BCUT2D eigenvalue weighted by Crippen LogP contribution is -2.51. The van der Waals surface area contributed by atoms with Crippen molar-refractivity contribution in [2.24, 2.45) is 5.14 Å². The van der Waals surface area contributed by atoms with Crippen LogP contribution in [0.4, 0.5) is 0 Å². The van der Waals surface area contributed by atoms with Gasteiger partial charge >= 0.3 is 0 Å². The van der Waals surface area contributed by atoms with Gasteiger partial charge < -0.3 is 15.1 Å². The van der Waals surface area contributed by atoms with E-state index >= 15 is 0 Å². The molecular formula is C11H18ClN3O4S. The van der Waals surface area contributed by atoms with Crippen molar-refractivity contribution >= 4 is 28.3 Å². The zero-order valence-corrected chi connectivity index (χ0v) is 12.6. The Labute approximate surface area is 123 Å². The van der Waals surface area contributed by atoms with Gasteiger partial charge in [0.05, 0.1) is 0 Å². The van der Waals surface area contributed by atoms with Crippen molar-refractivity contribution in [3.8, 4) is 0 Å². The Hall–Kier alpha value is -1.09. The normalized spacial score (nSPS) is 22.9. The zero-order chi connectivity index (χ0) is 14.0. The van der Waals surface area contributed by atoms with Crippen molar-refractivity contribution in [3.05, 3.63) is 17.9 Å². The third-order valence-electron chi connectivity index (χ3n) is 3.16. The summed E-state index contributed by atoms with van der Waals surface area (Å²) in [6.45, 7) is 2.92. The van der Waals surface area contributed by atoms with Crippen LogP contribution in [0.3, 0.4) is 0 Å². The maximum absolute atomic E-state index is 11.9. The fourth-order valence-corrected chi connectivity index (χ4v) is 2.54. The highest BCUT2D eigenvalue weighted by Gasteiger charge is 2.24. The maximum Gasteiger partial charge on any atom is 0.287 e. The number of hydrogen-bond donors (Lipinski definition) is 3. The molecule has 2 rings (SSSR count). The van der Waals surface area contributed by atoms with Crippen molar-refractivity contribution in [2.45, 2.75) is 36.9 Å². The van der Waals surface area contributed by atoms with Crippen LogP contribution < -0.4 is 15.8 Å². The maximum atomic E-state index is 11.9. The number of furan rings is 1. The smallest absolute Gasteiger partial charge is 0.287 e. The predicted octanol–water partition coefficient (Wildman–Crippen LogP) is 0.219. The summed E-state index contributed by atoms with van der Waals surface area (Å²) in [5, 5.41) is 10.6. The third-order valence-corrected chi connectivity index (χ3v) is 3.94. The summed E-state index contributed by atoms with van der Waals surface area (Å²) in [6.07, 6.45) is 1.86. The molecule has 1 amide bonds. The van der Waals surface area contributed by atoms with Crippen molar-refractivity contribution in [3.63, 3.8) is 0 Å². The van der Waals surface area contributed by atoms with Crippen molar-refractivity contribution in [2.75, 3.05) is 6.54 Å². The van der Waals surface area contributed by atoms with Crippen LogP contribution in [0.25, 0.3) is 0 Å². The van der Waals surface area contributed by atoms with Crippen LogP contribution >= 0.6 is 12.4 Å². The summed E-state index contributed by atoms with van der Waals surface area (Å²) in [5.74, 6) is -0.489. The van der Waals surface area contributed by atoms with E-state index in [9.17, 15) is 13.2 Å². The Morgan fingerprint density at radius 3 is 2.75 bits per heavy atom. The Morgan fingerprint density at radius 2 is 2.20 bits per heavy atom. The highest BCUT2D eigenvalue weighted by molar-refractivity contribution is 7.89. The third kappa shape index (κ3) is 3.95. The number of carbonyl (C=O) groups excluding carboxylic acids is 1. The number of sulfonamides is 1. The van der Waals surface area contributed by atoms with Gasteiger partial charge in [0.1, 0.15) is 0 Å². The van der Waals surface area contributed by atoms with E-state index < -0.39 is 21.0 Å². The van der Waals surface area contributed by atoms with Gasteiger partial charge in [-0.2, -0.15) is 0 Å². The average molecular weight is 324 g/mol. The van der Waals surface area contributed by atoms with Gasteiger partial charge in [-0.3, -0.25) is 4.79 Å². The van der Waals surface area contributed by atoms with Crippen LogP contribution in [0.2, 0.25) is 0 Å². The minimum absolute atomic E-state index is 0. The van der Waals surface area contributed by atoms with E-state index in [2.05, 4.69) is 10.6 Å². The molecule has 2 atom stereocenters. The lowest BCUT2D eigenvalue weighted by molar-refractivity contribution is 0.0886. The number of nitrogens with one attached hydrogen (secondary N) is 2. The second-order valence-corrected chi connectivity index (χ2v) is 6.12. The number of piperidine rings is 1. The number of primary sulfonamides is 1. The number of halogens is 1. The summed E-state index contributed by atoms with van der Waals surface area (Å²) >= 11 is 0. The van der Waals surface area contributed by atoms with Gasteiger partial charge in [-0.25, -0.2) is 13.6 Å². The van der Waals surface area contributed by atoms with Crippen LogP contribution in [0, 0.1) is 0 Å². The molecule has 1 aromatic heterocycles. The predicted molar refractivity (Wildman–Crippen MR) is 75.3 cm³/mol. The second kappa shape index (κ2) is 6.57. The fourth-order valence-electron chi connectivity index (χ4n) is 2.08. The number of carbonyl (C=O) groups is 1. The molecule has 4 N–H and O–H groups in total. The first-order valence-corrected chi connectivity index (χ1v) is 7.59. The quantitative estimate of drug-likeness (QED) is 0.736. The Kier molecular flexibility index (Phi) is 5.58. The van der Waals surface area contributed by atoms with Gasteiger partial charge in [-0.1, -0.05) is 0 Å². The van der Waals surface area contributed by atoms with E-state index in [1.807, 2.05) is 6.92 Å². The minimum atomic E-state index is -3.92. The van der Waals surface area contributed by atoms with E-state index in [1.165, 1.54) is 12.1 Å². The highest BCUT2D eigenvalue weighted by Crippen LogP contribution is 2.14. The van der Waals surface area contributed by atoms with Crippen LogP contribution in [-0.2, 0) is 10.0 Å². The molecule has 0 bridgehead atoms. The fraction of sp³-hybridized carbons (Fsp3) is 0.545. The number of hydrogen-bond acceptors (Lipinski definition) is 5. The second-order valence-electron chi connectivity index (χ2n) is 4.63. The first kappa shape index (κ1) is 17.0. The number of amides is 1. The van der Waals surface area contributed by atoms with Gasteiger partial charge in [-0.05, 0) is 38.4 Å². The molecule has 7 nitrogen and oxygen atoms in total. The van der Waals surface area contributed by atoms with E-state index in [0.29, 0.717) is 0 Å². The monoisotopic (exact) mass is 323 g/mol. The molecule has 114 valence electrons. The summed E-state index contributed by atoms with van der Waals surface area (Å²) < 4.78 is 27.0. The van der Waals surface area contributed by atoms with E-state index in [0.717, 1.165) is 19.4 Å². The average Bonchev–Trinajstić information content (AvgIpc) is 2.81. The Bertz CT molecular complexity index is 572. The molecule has 2 unspecified atom stereocenters. The van der Waals surface area contributed by atoms with Crippen LogP contribution in [-0.4, -0.2) is 33.0 Å². The molecule has 1 fully saturated rings. The largest absolute Gasteiger partial charge is 0.438 e. The zero-order valence-electron chi connectivity index (χ0n) is 11.0. The van der Waals surface area contributed by atoms with Crippen LogP contribution in [0.5, 0.6) is 0 Å². The van der Waals surface area contributed by atoms with E-state index in [1.54, 1.807) is 0 Å². The highest BCUT2D eigenvalue weighted by atomic mass is 35.5. The summed E-state index contributed by atoms with van der Waals surface area (Å²) in [5.41, 5.74) is 0. The SMILES string of the molecule is CC1NCCCC1NC(=O)c1ccc(S(N)(=O)=O)o1.Cl. The molecule has 0 radical (unpaired) electrons. The lowest BCUT2D eigenvalue weighted by atomic mass is 10.00. The van der Waals surface area contributed by atoms with Gasteiger partial charge in [0.25, 0.3) is 15.9 Å². The van der Waals surface area contributed by atoms with E-state index in [-0.39, 0.29) is 30.3 Å². The van der Waals surface area contributed by atoms with Gasteiger partial charge in [0, 0.05) is 12.1 Å². The molecule has 0 aromatic carbocycles. The first-order valence-electron chi connectivity index (χ1n) is 6.05. The molecule has 2 heterocycles. The molecular weight excluding hydrogens is 306 g/mol. The minimum Gasteiger partial charge on any atom is -0.438 e. The Morgan fingerprint density at radius 1 is 1.50 bits per heavy atom. The summed E-state index contributed by atoms with van der Waals surface area (Å²) in [7, 11) is -3.92. The molecule has 0 aliphatic carbocycles. The lowest BCUT2D eigenvalue weighted by Gasteiger charge is -2.30. The standard InChI is InChI=1S/C11H17N3O4S.ClH/c1-7-8(3-2-6-13-7)14-11(15)9-4-5-10(18-9)19(12,16)17;/h4-5,7-8,13H,2-3,6H2,1H3,(H,14,15)(H2,12,16,17);1H. The van der Waals surface area contributed by atoms with E-state index in [4.69, 9.17) is 9.56 Å². The topological polar surface area (TPSA) is 114 Å². The first-order chi connectivity index (χ1) is 8.88. The van der Waals surface area contributed by atoms with Crippen LogP contribution in [0.1, 0.15) is 30.3 Å². The Balaban J connectivity index is 0.00000200. The summed E-state index contributed by atoms with van der Waals surface area (Å²) in [4.78, 5) is 11.9. The van der Waals surface area contributed by atoms with Crippen molar-refractivity contribution in [1.82, 2.24) is 10.6 Å². The summed E-state index contributed by atoms with van der Waals surface area (Å²) in [6, 6.07) is 2.65. The molecule has 20 heavy (non-hydrogen) atoms. The molecule has 9 heteroatoms. The van der Waals surface area contributed by atoms with Crippen LogP contribution in [0.15, 0.2) is 21.6 Å². The molecule has 1 saturated heterocycles. The van der Waals surface area contributed by atoms with Gasteiger partial charge in [0.15, 0.2) is 5.76 Å². The number of rotatable bonds is 3. The van der Waals surface area contributed by atoms with Gasteiger partial charge in [-0.15, -0.1) is 12.4 Å². The molecule has 1 aliphatic rings. The van der Waals surface area contributed by atoms with Crippen molar-refractivity contribution < 1.29 is 17.6 Å². The van der Waals surface area contributed by atoms with Crippen molar-refractivity contribution in [1.29, 1.82) is 0 Å². The van der Waals surface area contributed by atoms with Gasteiger partial charge in [0.2, 0.25) is 5.09 Å².